The molecule has 0 nitrogen and oxygen atoms in total. The summed E-state index contributed by atoms with van der Waals surface area (Å²) in [5.74, 6) is 0. The number of hydrogen-bond acceptors (Lipinski definition) is 0. The third-order valence-electron chi connectivity index (χ3n) is 26.9. The van der Waals surface area contributed by atoms with Gasteiger partial charge in [0.15, 0.2) is 0 Å². The highest BCUT2D eigenvalue weighted by molar-refractivity contribution is 5.96. The van der Waals surface area contributed by atoms with Crippen LogP contribution in [-0.2, 0) is 51.4 Å². The molecule has 0 N–H and O–H groups in total. The van der Waals surface area contributed by atoms with Gasteiger partial charge < -0.3 is 0 Å². The van der Waals surface area contributed by atoms with E-state index in [1.165, 1.54) is 455 Å². The van der Waals surface area contributed by atoms with Gasteiger partial charge in [0, 0.05) is 64.6 Å². The molecule has 0 aliphatic carbocycles. The molecule has 666 valence electrons. The number of aryl methyl sites for hydroxylation is 8. The van der Waals surface area contributed by atoms with Crippen LogP contribution in [0.2, 0.25) is 0 Å². The Kier molecular flexibility index (Phi) is 57.0. The topological polar surface area (TPSA) is 0 Å². The minimum absolute atomic E-state index is 0.911. The van der Waals surface area contributed by atoms with Crippen LogP contribution < -0.4 is 0 Å². The molecule has 0 fully saturated rings. The Labute approximate surface area is 755 Å². The van der Waals surface area contributed by atoms with E-state index in [0.29, 0.717) is 0 Å². The summed E-state index contributed by atoms with van der Waals surface area (Å²) in [6.07, 6.45) is 93.0. The lowest BCUT2D eigenvalue weighted by Gasteiger charge is -2.11. The Morgan fingerprint density at radius 2 is 0.189 bits per heavy atom. The minimum atomic E-state index is 0.911. The molecule has 7 aromatic rings. The third kappa shape index (κ3) is 42.6. The molecule has 0 bridgehead atoms. The summed E-state index contributed by atoms with van der Waals surface area (Å²) < 4.78 is 0. The first kappa shape index (κ1) is 103. The van der Waals surface area contributed by atoms with Crippen LogP contribution in [-0.4, -0.2) is 0 Å². The predicted octanol–water partition coefficient (Wildman–Crippen LogP) is 39.0. The average molecular weight is 1640 g/mol. The molecular weight excluding hydrogens is 1470 g/mol. The van der Waals surface area contributed by atoms with E-state index < -0.39 is 0 Å². The van der Waals surface area contributed by atoms with Gasteiger partial charge in [0.1, 0.15) is 0 Å². The quantitative estimate of drug-likeness (QED) is 0.0333. The Balaban J connectivity index is 1.53. The van der Waals surface area contributed by atoms with Crippen molar-refractivity contribution < 1.29 is 0 Å². The lowest BCUT2D eigenvalue weighted by Crippen LogP contribution is -1.97. The summed E-state index contributed by atoms with van der Waals surface area (Å²) in [5.41, 5.74) is 11.8. The normalized spacial score (nSPS) is 11.3. The first-order valence-corrected chi connectivity index (χ1v) is 53.3. The Bertz CT molecular complexity index is 3540. The van der Waals surface area contributed by atoms with Crippen molar-refractivity contribution in [2.24, 2.45) is 0 Å². The molecule has 0 aliphatic rings. The van der Waals surface area contributed by atoms with Crippen LogP contribution in [0.3, 0.4) is 0 Å². The van der Waals surface area contributed by atoms with Gasteiger partial charge in [-0.2, -0.15) is 0 Å². The second kappa shape index (κ2) is 67.8. The van der Waals surface area contributed by atoms with E-state index in [-0.39, 0.29) is 0 Å². The second-order valence-electron chi connectivity index (χ2n) is 37.9. The largest absolute Gasteiger partial charge is 0.0654 e. The maximum Gasteiger partial charge on any atom is 0.0419 e. The Morgan fingerprint density at radius 3 is 0.287 bits per heavy atom. The molecule has 0 heterocycles. The highest BCUT2D eigenvalue weighted by atomic mass is 14.2. The smallest absolute Gasteiger partial charge is 0.0419 e. The van der Waals surface area contributed by atoms with Crippen molar-refractivity contribution in [1.82, 2.24) is 0 Å². The monoisotopic (exact) mass is 1640 g/mol. The number of benzene rings is 5. The van der Waals surface area contributed by atoms with Crippen molar-refractivity contribution in [3.8, 4) is 0 Å². The number of fused-ring (bicyclic) bond motifs is 6. The van der Waals surface area contributed by atoms with Gasteiger partial charge in [0.05, 0.1) is 0 Å². The fourth-order valence-corrected chi connectivity index (χ4v) is 18.9. The van der Waals surface area contributed by atoms with Crippen molar-refractivity contribution in [3.05, 3.63) is 178 Å². The van der Waals surface area contributed by atoms with Gasteiger partial charge in [0.25, 0.3) is 0 Å². The van der Waals surface area contributed by atoms with Crippen LogP contribution in [0.5, 0.6) is 0 Å². The molecule has 0 heteroatoms. The van der Waals surface area contributed by atoms with Gasteiger partial charge >= 0.3 is 0 Å². The molecule has 0 spiro atoms. The van der Waals surface area contributed by atoms with Crippen LogP contribution in [0, 0.1) is 72.8 Å². The molecule has 0 radical (unpaired) electrons. The first-order valence-electron chi connectivity index (χ1n) is 53.3. The van der Waals surface area contributed by atoms with E-state index in [4.69, 9.17) is 0 Å². The van der Waals surface area contributed by atoms with Crippen molar-refractivity contribution in [1.29, 1.82) is 0 Å². The average Bonchev–Trinajstić information content (AvgIpc) is 0.792. The second-order valence-corrected chi connectivity index (χ2v) is 37.9. The van der Waals surface area contributed by atoms with E-state index in [9.17, 15) is 0 Å². The molecule has 7 rings (SSSR count). The molecule has 0 unspecified atom stereocenters. The molecule has 0 aliphatic heterocycles. The molecular formula is C122H178. The summed E-state index contributed by atoms with van der Waals surface area (Å²) in [6.45, 7) is 18.7. The Hall–Kier alpha value is -6.54. The van der Waals surface area contributed by atoms with Crippen LogP contribution in [0.1, 0.15) is 511 Å². The zero-order valence-corrected chi connectivity index (χ0v) is 80.7. The molecule has 0 aromatic heterocycles. The summed E-state index contributed by atoms with van der Waals surface area (Å²) in [7, 11) is 0. The maximum absolute atomic E-state index is 3.94. The molecule has 0 atom stereocenters. The molecule has 122 heavy (non-hydrogen) atoms. The lowest BCUT2D eigenvalue weighted by atomic mass is 9.93. The SMILES string of the molecule is CCCCCCCCCCc1cc2c#cc3cc(CCCCCCCCCC)c(CCCCCCCCCC)cc3c#cc3cc4c#cc5cc(CCCCCCCCCC)c(CCCCCCCCCC)cc5c#cc5cc(CCCCCCCCCC)c(CCCCCCCCCC)cc5c#cc4cc3c#cc2cc1CCCCCCCCCC. The third-order valence-corrected chi connectivity index (χ3v) is 26.9. The molecule has 0 amide bonds. The molecule has 7 aromatic carbocycles. The summed E-state index contributed by atoms with van der Waals surface area (Å²) >= 11 is 0. The van der Waals surface area contributed by atoms with E-state index >= 15 is 0 Å². The summed E-state index contributed by atoms with van der Waals surface area (Å²) in [4.78, 5) is 0. The number of unbranched alkanes of at least 4 members (excludes halogenated alkanes) is 56. The first-order chi connectivity index (χ1) is 60.3. The predicted molar refractivity (Wildman–Crippen MR) is 541 cm³/mol. The van der Waals surface area contributed by atoms with Crippen LogP contribution >= 0.6 is 0 Å². The number of hydrogen-bond donors (Lipinski definition) is 0. The Morgan fingerprint density at radius 1 is 0.107 bits per heavy atom. The standard InChI is InChI=1S/C122H178/c1-9-17-25-33-41-49-57-65-73-103-93-111-81-82-112-94-104(74-66-58-50-42-34-26-18-10-2)108(78-70-62-54-46-38-30-22-14-6)98-116(112)86-90-120-102-122-92-88-118-100-110(80-72-64-56-48-40-32-24-16-8)106(76-68-60-52-44-36-28-20-12-4)96-114(118)84-83-113-95-105(75-67-59-51-43-35-27-19-11-3)109(79-71-63-55-47-39-31-23-15-7)99-117(113)87-91-121(122)101-119(120)89-85-115(111)97-107(103)77-69-61-53-45-37-29-21-13-5/h93-102H,9-80H2,1-8H3. The fourth-order valence-electron chi connectivity index (χ4n) is 18.9. The van der Waals surface area contributed by atoms with Gasteiger partial charge in [-0.05, 0) is 208 Å². The minimum Gasteiger partial charge on any atom is -0.0654 e. The van der Waals surface area contributed by atoms with Crippen molar-refractivity contribution in [2.75, 3.05) is 0 Å². The number of rotatable bonds is 72. The van der Waals surface area contributed by atoms with Crippen LogP contribution in [0.15, 0.2) is 60.7 Å². The van der Waals surface area contributed by atoms with Gasteiger partial charge in [-0.3, -0.25) is 0 Å². The molecule has 0 saturated carbocycles. The molecule has 0 saturated heterocycles. The van der Waals surface area contributed by atoms with E-state index in [1.807, 2.05) is 0 Å². The van der Waals surface area contributed by atoms with Crippen molar-refractivity contribution >= 4 is 64.6 Å². The van der Waals surface area contributed by atoms with Crippen LogP contribution in [0.4, 0.5) is 0 Å². The zero-order chi connectivity index (χ0) is 86.0. The van der Waals surface area contributed by atoms with E-state index in [1.54, 1.807) is 0 Å². The van der Waals surface area contributed by atoms with Gasteiger partial charge in [-0.25, -0.2) is 0 Å². The van der Waals surface area contributed by atoms with Gasteiger partial charge in [0.2, 0.25) is 0 Å². The highest BCUT2D eigenvalue weighted by Gasteiger charge is 2.13. The van der Waals surface area contributed by atoms with Gasteiger partial charge in [-0.1, -0.05) is 488 Å². The van der Waals surface area contributed by atoms with Crippen molar-refractivity contribution in [2.45, 2.75) is 518 Å². The van der Waals surface area contributed by atoms with Crippen LogP contribution in [0.25, 0.3) is 64.6 Å². The zero-order valence-electron chi connectivity index (χ0n) is 80.7. The van der Waals surface area contributed by atoms with Crippen molar-refractivity contribution in [3.63, 3.8) is 0 Å². The maximum atomic E-state index is 3.94. The summed E-state index contributed by atoms with van der Waals surface area (Å²) in [5, 5.41) is 12.0. The van der Waals surface area contributed by atoms with Gasteiger partial charge in [-0.15, -0.1) is 0 Å². The van der Waals surface area contributed by atoms with E-state index in [0.717, 1.165) is 116 Å². The summed E-state index contributed by atoms with van der Waals surface area (Å²) in [6, 6.07) is 71.8. The lowest BCUT2D eigenvalue weighted by molar-refractivity contribution is 0.571. The fraction of sp³-hybridized carbons (Fsp3) is 0.656. The van der Waals surface area contributed by atoms with E-state index in [2.05, 4.69) is 189 Å². The highest BCUT2D eigenvalue weighted by Crippen LogP contribution is 2.31.